The first-order valence-corrected chi connectivity index (χ1v) is 6.74. The van der Waals surface area contributed by atoms with Crippen molar-refractivity contribution in [3.8, 4) is 5.75 Å². The molecule has 112 valence electrons. The first-order valence-electron chi connectivity index (χ1n) is 6.74. The Morgan fingerprint density at radius 1 is 1.40 bits per heavy atom. The molecule has 0 fully saturated rings. The van der Waals surface area contributed by atoms with Gasteiger partial charge < -0.3 is 15.0 Å². The highest BCUT2D eigenvalue weighted by Crippen LogP contribution is 2.13. The van der Waals surface area contributed by atoms with Crippen LogP contribution in [-0.2, 0) is 0 Å². The minimum Gasteiger partial charge on any atom is -0.492 e. The van der Waals surface area contributed by atoms with E-state index in [1.807, 2.05) is 13.1 Å². The minimum absolute atomic E-state index is 0.320. The fraction of sp³-hybridized carbons (Fsp3) is 0.500. The number of benzene rings is 1. The van der Waals surface area contributed by atoms with Gasteiger partial charge in [-0.15, -0.1) is 0 Å². The van der Waals surface area contributed by atoms with E-state index in [1.165, 1.54) is 0 Å². The van der Waals surface area contributed by atoms with Gasteiger partial charge in [0.25, 0.3) is 5.91 Å². The van der Waals surface area contributed by atoms with E-state index in [-0.39, 0.29) is 5.91 Å². The number of carbonyl (C=O) groups is 1. The van der Waals surface area contributed by atoms with Gasteiger partial charge in [-0.1, -0.05) is 6.07 Å². The lowest BCUT2D eigenvalue weighted by Gasteiger charge is -2.16. The van der Waals surface area contributed by atoms with Crippen molar-refractivity contribution in [1.29, 1.82) is 0 Å². The van der Waals surface area contributed by atoms with E-state index in [0.717, 1.165) is 26.1 Å². The number of likely N-dealkylation sites (N-methyl/N-ethyl adjacent to an activating group) is 1. The summed E-state index contributed by atoms with van der Waals surface area (Å²) in [5, 5.41) is 3.12. The summed E-state index contributed by atoms with van der Waals surface area (Å²) >= 11 is 0. The van der Waals surface area contributed by atoms with Crippen molar-refractivity contribution >= 4 is 5.91 Å². The average Bonchev–Trinajstić information content (AvgIpc) is 2.47. The van der Waals surface area contributed by atoms with Crippen molar-refractivity contribution in [2.45, 2.75) is 6.42 Å². The Kier molecular flexibility index (Phi) is 7.64. The average molecular weight is 280 g/mol. The third-order valence-electron chi connectivity index (χ3n) is 2.94. The predicted octanol–water partition coefficient (Wildman–Crippen LogP) is 0.210. The third kappa shape index (κ3) is 6.01. The molecule has 0 aliphatic heterocycles. The van der Waals surface area contributed by atoms with Gasteiger partial charge in [0.15, 0.2) is 0 Å². The maximum atomic E-state index is 11.4. The molecule has 0 spiro atoms. The second kappa shape index (κ2) is 9.30. The number of carbonyl (C=O) groups excluding carboxylic acids is 1. The Hall–Kier alpha value is -1.63. The Balaban J connectivity index is 2.33. The van der Waals surface area contributed by atoms with Crippen LogP contribution in [0.5, 0.6) is 5.75 Å². The molecule has 1 amide bonds. The lowest BCUT2D eigenvalue weighted by Crippen LogP contribution is -2.30. The zero-order valence-corrected chi connectivity index (χ0v) is 12.2. The van der Waals surface area contributed by atoms with E-state index in [9.17, 15) is 4.79 Å². The largest absolute Gasteiger partial charge is 0.492 e. The van der Waals surface area contributed by atoms with E-state index >= 15 is 0 Å². The Bertz CT molecular complexity index is 412. The molecule has 1 rings (SSSR count). The maximum Gasteiger partial charge on any atom is 0.265 e. The van der Waals surface area contributed by atoms with Gasteiger partial charge in [0, 0.05) is 12.1 Å². The van der Waals surface area contributed by atoms with E-state index in [4.69, 9.17) is 10.6 Å². The van der Waals surface area contributed by atoms with Gasteiger partial charge in [-0.05, 0) is 51.8 Å². The van der Waals surface area contributed by atoms with Gasteiger partial charge in [0.05, 0.1) is 0 Å². The molecule has 0 atom stereocenters. The van der Waals surface area contributed by atoms with Gasteiger partial charge in [-0.25, -0.2) is 5.84 Å². The summed E-state index contributed by atoms with van der Waals surface area (Å²) in [7, 11) is 4.02. The normalized spacial score (nSPS) is 10.6. The summed E-state index contributed by atoms with van der Waals surface area (Å²) in [6.07, 6.45) is 1.11. The zero-order chi connectivity index (χ0) is 14.8. The molecule has 0 radical (unpaired) electrons. The van der Waals surface area contributed by atoms with E-state index < -0.39 is 0 Å². The number of hydrazine groups is 1. The van der Waals surface area contributed by atoms with Crippen molar-refractivity contribution in [3.63, 3.8) is 0 Å². The SMILES string of the molecule is CNCCCN(C)CCOc1cccc(C(=O)NN)c1. The van der Waals surface area contributed by atoms with Gasteiger partial charge in [0.1, 0.15) is 12.4 Å². The van der Waals surface area contributed by atoms with Crippen LogP contribution >= 0.6 is 0 Å². The van der Waals surface area contributed by atoms with Crippen LogP contribution in [0.25, 0.3) is 0 Å². The number of ether oxygens (including phenoxy) is 1. The topological polar surface area (TPSA) is 79.6 Å². The fourth-order valence-electron chi connectivity index (χ4n) is 1.77. The van der Waals surface area contributed by atoms with Crippen LogP contribution in [0.1, 0.15) is 16.8 Å². The highest BCUT2D eigenvalue weighted by molar-refractivity contribution is 5.94. The molecule has 0 unspecified atom stereocenters. The fourth-order valence-corrected chi connectivity index (χ4v) is 1.77. The summed E-state index contributed by atoms with van der Waals surface area (Å²) < 4.78 is 5.64. The molecule has 0 bridgehead atoms. The van der Waals surface area contributed by atoms with Crippen molar-refractivity contribution in [1.82, 2.24) is 15.6 Å². The second-order valence-electron chi connectivity index (χ2n) is 4.61. The van der Waals surface area contributed by atoms with Gasteiger partial charge in [0.2, 0.25) is 0 Å². The number of nitrogens with zero attached hydrogens (tertiary/aromatic N) is 1. The molecule has 4 N–H and O–H groups in total. The summed E-state index contributed by atoms with van der Waals surface area (Å²) in [5.41, 5.74) is 2.60. The number of nitrogen functional groups attached to an aromatic ring is 1. The predicted molar refractivity (Wildman–Crippen MR) is 79.6 cm³/mol. The molecule has 0 saturated carbocycles. The smallest absolute Gasteiger partial charge is 0.265 e. The molecule has 6 heteroatoms. The zero-order valence-electron chi connectivity index (χ0n) is 12.2. The lowest BCUT2D eigenvalue weighted by molar-refractivity contribution is 0.0953. The highest BCUT2D eigenvalue weighted by Gasteiger charge is 2.05. The van der Waals surface area contributed by atoms with Gasteiger partial charge in [-0.3, -0.25) is 10.2 Å². The van der Waals surface area contributed by atoms with E-state index in [2.05, 4.69) is 22.7 Å². The van der Waals surface area contributed by atoms with Crippen LogP contribution < -0.4 is 21.3 Å². The Morgan fingerprint density at radius 2 is 2.20 bits per heavy atom. The molecular formula is C14H24N4O2. The van der Waals surface area contributed by atoms with Crippen molar-refractivity contribution < 1.29 is 9.53 Å². The van der Waals surface area contributed by atoms with Crippen LogP contribution in [-0.4, -0.2) is 51.1 Å². The van der Waals surface area contributed by atoms with E-state index in [1.54, 1.807) is 18.2 Å². The maximum absolute atomic E-state index is 11.4. The molecule has 1 aromatic carbocycles. The van der Waals surface area contributed by atoms with Crippen LogP contribution in [0.2, 0.25) is 0 Å². The Morgan fingerprint density at radius 3 is 2.90 bits per heavy atom. The summed E-state index contributed by atoms with van der Waals surface area (Å²) in [5.74, 6) is 5.46. The number of nitrogens with one attached hydrogen (secondary N) is 2. The van der Waals surface area contributed by atoms with Gasteiger partial charge in [-0.2, -0.15) is 0 Å². The molecule has 20 heavy (non-hydrogen) atoms. The van der Waals surface area contributed by atoms with Crippen LogP contribution in [0.15, 0.2) is 24.3 Å². The number of hydrogen-bond donors (Lipinski definition) is 3. The molecule has 0 heterocycles. The first-order chi connectivity index (χ1) is 9.67. The third-order valence-corrected chi connectivity index (χ3v) is 2.94. The lowest BCUT2D eigenvalue weighted by atomic mass is 10.2. The van der Waals surface area contributed by atoms with Crippen molar-refractivity contribution in [2.75, 3.05) is 40.3 Å². The van der Waals surface area contributed by atoms with Crippen LogP contribution in [0.3, 0.4) is 0 Å². The summed E-state index contributed by atoms with van der Waals surface area (Å²) in [6.45, 7) is 3.47. The van der Waals surface area contributed by atoms with E-state index in [0.29, 0.717) is 17.9 Å². The summed E-state index contributed by atoms with van der Waals surface area (Å²) in [6, 6.07) is 6.98. The van der Waals surface area contributed by atoms with Crippen LogP contribution in [0, 0.1) is 0 Å². The molecule has 0 saturated heterocycles. The minimum atomic E-state index is -0.320. The monoisotopic (exact) mass is 280 g/mol. The molecule has 6 nitrogen and oxygen atoms in total. The first kappa shape index (κ1) is 16.4. The number of rotatable bonds is 9. The molecule has 0 aliphatic carbocycles. The number of hydrogen-bond acceptors (Lipinski definition) is 5. The second-order valence-corrected chi connectivity index (χ2v) is 4.61. The number of nitrogens with two attached hydrogens (primary N) is 1. The van der Waals surface area contributed by atoms with Crippen molar-refractivity contribution in [2.24, 2.45) is 5.84 Å². The quantitative estimate of drug-likeness (QED) is 0.261. The Labute approximate surface area is 120 Å². The van der Waals surface area contributed by atoms with Crippen molar-refractivity contribution in [3.05, 3.63) is 29.8 Å². The standard InChI is InChI=1S/C14H24N4O2/c1-16-7-4-8-18(2)9-10-20-13-6-3-5-12(11-13)14(19)17-15/h3,5-6,11,16H,4,7-10,15H2,1-2H3,(H,17,19). The highest BCUT2D eigenvalue weighted by atomic mass is 16.5. The summed E-state index contributed by atoms with van der Waals surface area (Å²) in [4.78, 5) is 13.6. The molecule has 0 aromatic heterocycles. The van der Waals surface area contributed by atoms with Gasteiger partial charge >= 0.3 is 0 Å². The molecular weight excluding hydrogens is 256 g/mol. The molecule has 0 aliphatic rings. The molecule has 1 aromatic rings. The number of amides is 1. The van der Waals surface area contributed by atoms with Crippen LogP contribution in [0.4, 0.5) is 0 Å².